The van der Waals surface area contributed by atoms with Crippen molar-refractivity contribution in [1.82, 2.24) is 9.88 Å². The zero-order valence-electron chi connectivity index (χ0n) is 11.3. The molecule has 0 N–H and O–H groups in total. The summed E-state index contributed by atoms with van der Waals surface area (Å²) in [5.74, 6) is 0.769. The molecule has 1 fully saturated rings. The molecule has 1 saturated heterocycles. The summed E-state index contributed by atoms with van der Waals surface area (Å²) in [6, 6.07) is 1.82. The fourth-order valence-electron chi connectivity index (χ4n) is 2.33. The van der Waals surface area contributed by atoms with Crippen molar-refractivity contribution < 1.29 is 9.47 Å². The summed E-state index contributed by atoms with van der Waals surface area (Å²) < 4.78 is 11.0. The minimum Gasteiger partial charge on any atom is -0.489 e. The number of hydrogen-bond donors (Lipinski definition) is 0. The maximum Gasteiger partial charge on any atom is 0.139 e. The molecule has 2 rings (SSSR count). The molecular weight excluding hydrogens is 264 g/mol. The Labute approximate surface area is 119 Å². The summed E-state index contributed by atoms with van der Waals surface area (Å²) in [4.78, 5) is 6.50. The van der Waals surface area contributed by atoms with E-state index in [1.807, 2.05) is 6.07 Å². The highest BCUT2D eigenvalue weighted by atomic mass is 35.5. The van der Waals surface area contributed by atoms with E-state index < -0.39 is 0 Å². The molecule has 0 aromatic carbocycles. The third-order valence-corrected chi connectivity index (χ3v) is 3.55. The van der Waals surface area contributed by atoms with Crippen molar-refractivity contribution in [2.75, 3.05) is 33.4 Å². The molecule has 0 spiro atoms. The van der Waals surface area contributed by atoms with Gasteiger partial charge in [-0.15, -0.1) is 0 Å². The summed E-state index contributed by atoms with van der Waals surface area (Å²) >= 11 is 5.89. The van der Waals surface area contributed by atoms with E-state index >= 15 is 0 Å². The third-order valence-electron chi connectivity index (χ3n) is 3.34. The van der Waals surface area contributed by atoms with Crippen LogP contribution in [0.5, 0.6) is 5.75 Å². The molecule has 0 amide bonds. The molecule has 4 nitrogen and oxygen atoms in total. The lowest BCUT2D eigenvalue weighted by atomic mass is 10.1. The van der Waals surface area contributed by atoms with Crippen LogP contribution in [0.4, 0.5) is 0 Å². The number of piperidine rings is 1. The van der Waals surface area contributed by atoms with E-state index in [4.69, 9.17) is 21.1 Å². The molecule has 19 heavy (non-hydrogen) atoms. The SMILES string of the molecule is COCCCN1CCC(Oc2cncc(Cl)c2)CC1. The quantitative estimate of drug-likeness (QED) is 0.752. The van der Waals surface area contributed by atoms with Crippen LogP contribution in [-0.4, -0.2) is 49.3 Å². The van der Waals surface area contributed by atoms with Gasteiger partial charge in [0, 0.05) is 45.6 Å². The van der Waals surface area contributed by atoms with E-state index in [0.29, 0.717) is 5.02 Å². The van der Waals surface area contributed by atoms with E-state index in [2.05, 4.69) is 9.88 Å². The minimum absolute atomic E-state index is 0.277. The third kappa shape index (κ3) is 4.97. The van der Waals surface area contributed by atoms with Gasteiger partial charge in [0.25, 0.3) is 0 Å². The Balaban J connectivity index is 1.71. The normalized spacial score (nSPS) is 17.6. The first kappa shape index (κ1) is 14.6. The molecule has 0 bridgehead atoms. The Morgan fingerprint density at radius 2 is 2.16 bits per heavy atom. The van der Waals surface area contributed by atoms with E-state index in [9.17, 15) is 0 Å². The summed E-state index contributed by atoms with van der Waals surface area (Å²) in [5, 5.41) is 0.620. The Kier molecular flexibility index (Phi) is 5.89. The van der Waals surface area contributed by atoms with Gasteiger partial charge >= 0.3 is 0 Å². The average molecular weight is 285 g/mol. The van der Waals surface area contributed by atoms with Gasteiger partial charge in [-0.1, -0.05) is 11.6 Å². The maximum atomic E-state index is 5.91. The van der Waals surface area contributed by atoms with Crippen molar-refractivity contribution >= 4 is 11.6 Å². The van der Waals surface area contributed by atoms with Gasteiger partial charge in [0.15, 0.2) is 0 Å². The minimum atomic E-state index is 0.277. The zero-order valence-corrected chi connectivity index (χ0v) is 12.1. The van der Waals surface area contributed by atoms with E-state index in [1.165, 1.54) is 0 Å². The number of pyridine rings is 1. The van der Waals surface area contributed by atoms with Crippen LogP contribution in [0, 0.1) is 0 Å². The fraction of sp³-hybridized carbons (Fsp3) is 0.643. The number of likely N-dealkylation sites (tertiary alicyclic amines) is 1. The van der Waals surface area contributed by atoms with E-state index in [1.54, 1.807) is 19.5 Å². The molecule has 0 radical (unpaired) electrons. The first-order chi connectivity index (χ1) is 9.28. The molecule has 0 saturated carbocycles. The number of nitrogens with zero attached hydrogens (tertiary/aromatic N) is 2. The number of rotatable bonds is 6. The number of hydrogen-bond acceptors (Lipinski definition) is 4. The number of ether oxygens (including phenoxy) is 2. The van der Waals surface area contributed by atoms with Gasteiger partial charge in [0.2, 0.25) is 0 Å². The monoisotopic (exact) mass is 284 g/mol. The van der Waals surface area contributed by atoms with E-state index in [-0.39, 0.29) is 6.10 Å². The summed E-state index contributed by atoms with van der Waals surface area (Å²) in [6.45, 7) is 4.12. The number of aromatic nitrogens is 1. The van der Waals surface area contributed by atoms with Crippen LogP contribution in [-0.2, 0) is 4.74 Å². The molecule has 1 aromatic heterocycles. The van der Waals surface area contributed by atoms with Crippen LogP contribution in [0.25, 0.3) is 0 Å². The molecule has 0 aliphatic carbocycles. The Morgan fingerprint density at radius 3 is 2.84 bits per heavy atom. The zero-order chi connectivity index (χ0) is 13.5. The molecular formula is C14H21ClN2O2. The van der Waals surface area contributed by atoms with Crippen LogP contribution >= 0.6 is 11.6 Å². The number of halogens is 1. The van der Waals surface area contributed by atoms with Crippen molar-refractivity contribution in [2.24, 2.45) is 0 Å². The van der Waals surface area contributed by atoms with Gasteiger partial charge in [-0.25, -0.2) is 0 Å². The Morgan fingerprint density at radius 1 is 1.37 bits per heavy atom. The van der Waals surface area contributed by atoms with Gasteiger partial charge in [0.05, 0.1) is 11.2 Å². The summed E-state index contributed by atoms with van der Waals surface area (Å²) in [7, 11) is 1.75. The lowest BCUT2D eigenvalue weighted by Crippen LogP contribution is -2.38. The largest absolute Gasteiger partial charge is 0.489 e. The molecule has 1 aliphatic heterocycles. The Bertz CT molecular complexity index is 381. The standard InChI is InChI=1S/C14H21ClN2O2/c1-18-8-2-5-17-6-3-13(4-7-17)19-14-9-12(15)10-16-11-14/h9-11,13H,2-8H2,1H3. The van der Waals surface area contributed by atoms with Crippen LogP contribution in [0.3, 0.4) is 0 Å². The van der Waals surface area contributed by atoms with Crippen LogP contribution < -0.4 is 4.74 Å². The predicted molar refractivity (Wildman–Crippen MR) is 75.8 cm³/mol. The Hall–Kier alpha value is -0.840. The average Bonchev–Trinajstić information content (AvgIpc) is 2.41. The summed E-state index contributed by atoms with van der Waals surface area (Å²) in [5.41, 5.74) is 0. The highest BCUT2D eigenvalue weighted by Crippen LogP contribution is 2.20. The van der Waals surface area contributed by atoms with Crippen molar-refractivity contribution in [3.8, 4) is 5.75 Å². The second-order valence-electron chi connectivity index (χ2n) is 4.84. The van der Waals surface area contributed by atoms with Crippen molar-refractivity contribution in [3.63, 3.8) is 0 Å². The van der Waals surface area contributed by atoms with Gasteiger partial charge in [-0.05, 0) is 19.3 Å². The van der Waals surface area contributed by atoms with Crippen LogP contribution in [0.1, 0.15) is 19.3 Å². The molecule has 0 atom stereocenters. The first-order valence-electron chi connectivity index (χ1n) is 6.76. The van der Waals surface area contributed by atoms with Gasteiger partial charge < -0.3 is 14.4 Å². The first-order valence-corrected chi connectivity index (χ1v) is 7.14. The highest BCUT2D eigenvalue weighted by Gasteiger charge is 2.20. The summed E-state index contributed by atoms with van der Waals surface area (Å²) in [6.07, 6.45) is 6.82. The lowest BCUT2D eigenvalue weighted by Gasteiger charge is -2.32. The topological polar surface area (TPSA) is 34.6 Å². The van der Waals surface area contributed by atoms with Gasteiger partial charge in [0.1, 0.15) is 11.9 Å². The van der Waals surface area contributed by atoms with Gasteiger partial charge in [-0.2, -0.15) is 0 Å². The molecule has 2 heterocycles. The molecule has 5 heteroatoms. The van der Waals surface area contributed by atoms with Crippen LogP contribution in [0.2, 0.25) is 5.02 Å². The smallest absolute Gasteiger partial charge is 0.139 e. The van der Waals surface area contributed by atoms with Crippen molar-refractivity contribution in [1.29, 1.82) is 0 Å². The molecule has 0 unspecified atom stereocenters. The van der Waals surface area contributed by atoms with Gasteiger partial charge in [-0.3, -0.25) is 4.98 Å². The predicted octanol–water partition coefficient (Wildman–Crippen LogP) is 2.61. The second-order valence-corrected chi connectivity index (χ2v) is 5.28. The van der Waals surface area contributed by atoms with Crippen LogP contribution in [0.15, 0.2) is 18.5 Å². The maximum absolute atomic E-state index is 5.91. The van der Waals surface area contributed by atoms with E-state index in [0.717, 1.165) is 51.3 Å². The second kappa shape index (κ2) is 7.68. The molecule has 1 aliphatic rings. The van der Waals surface area contributed by atoms with Crippen molar-refractivity contribution in [3.05, 3.63) is 23.5 Å². The lowest BCUT2D eigenvalue weighted by molar-refractivity contribution is 0.0927. The fourth-order valence-corrected chi connectivity index (χ4v) is 2.50. The number of methoxy groups -OCH3 is 1. The molecule has 106 valence electrons. The highest BCUT2D eigenvalue weighted by molar-refractivity contribution is 6.30. The molecule has 1 aromatic rings. The van der Waals surface area contributed by atoms with Crippen molar-refractivity contribution in [2.45, 2.75) is 25.4 Å².